The van der Waals surface area contributed by atoms with Gasteiger partial charge in [-0.15, -0.1) is 0 Å². The first-order valence-corrected chi connectivity index (χ1v) is 11.4. The Bertz CT molecular complexity index is 1080. The molecule has 0 radical (unpaired) electrons. The molecule has 1 aliphatic carbocycles. The van der Waals surface area contributed by atoms with Gasteiger partial charge in [-0.25, -0.2) is 4.68 Å². The van der Waals surface area contributed by atoms with Crippen molar-refractivity contribution in [3.63, 3.8) is 0 Å². The van der Waals surface area contributed by atoms with Crippen LogP contribution in [0.15, 0.2) is 73.1 Å². The van der Waals surface area contributed by atoms with Crippen LogP contribution < -0.4 is 5.32 Å². The molecule has 1 saturated carbocycles. The van der Waals surface area contributed by atoms with Gasteiger partial charge in [0.15, 0.2) is 0 Å². The molecule has 1 saturated heterocycles. The second-order valence-electron chi connectivity index (χ2n) is 8.79. The molecular weight excluding hydrogens is 400 g/mol. The summed E-state index contributed by atoms with van der Waals surface area (Å²) in [5.74, 6) is 0.307. The van der Waals surface area contributed by atoms with E-state index in [4.69, 9.17) is 0 Å². The lowest BCUT2D eigenvalue weighted by Crippen LogP contribution is -2.49. The average molecular weight is 429 g/mol. The van der Waals surface area contributed by atoms with Gasteiger partial charge in [0, 0.05) is 29.9 Å². The average Bonchev–Trinajstić information content (AvgIpc) is 3.48. The smallest absolute Gasteiger partial charge is 0.254 e. The molecule has 5 rings (SSSR count). The molecule has 0 spiro atoms. The van der Waals surface area contributed by atoms with E-state index in [1.54, 1.807) is 10.9 Å². The van der Waals surface area contributed by atoms with Crippen LogP contribution in [-0.4, -0.2) is 38.6 Å². The van der Waals surface area contributed by atoms with E-state index < -0.39 is 6.04 Å². The van der Waals surface area contributed by atoms with Crippen molar-refractivity contribution in [3.05, 3.63) is 84.2 Å². The molecule has 0 bridgehead atoms. The number of hydrogen-bond acceptors (Lipinski definition) is 3. The van der Waals surface area contributed by atoms with E-state index in [-0.39, 0.29) is 17.9 Å². The molecule has 1 aromatic heterocycles. The number of para-hydroxylation sites is 1. The highest BCUT2D eigenvalue weighted by Gasteiger charge is 2.47. The number of nitrogens with zero attached hydrogens (tertiary/aromatic N) is 3. The summed E-state index contributed by atoms with van der Waals surface area (Å²) in [6.07, 6.45) is 8.83. The van der Waals surface area contributed by atoms with E-state index in [1.165, 1.54) is 6.42 Å². The van der Waals surface area contributed by atoms with E-state index in [2.05, 4.69) is 10.4 Å². The van der Waals surface area contributed by atoms with E-state index in [0.717, 1.165) is 36.9 Å². The van der Waals surface area contributed by atoms with Crippen molar-refractivity contribution in [2.75, 3.05) is 0 Å². The van der Waals surface area contributed by atoms with Gasteiger partial charge in [-0.2, -0.15) is 5.10 Å². The number of carbonyl (C=O) groups excluding carboxylic acids is 2. The zero-order valence-electron chi connectivity index (χ0n) is 18.1. The molecule has 32 heavy (non-hydrogen) atoms. The quantitative estimate of drug-likeness (QED) is 0.669. The van der Waals surface area contributed by atoms with Crippen molar-refractivity contribution in [1.29, 1.82) is 0 Å². The standard InChI is InChI=1S/C26H28N4O2/c31-25(27-16-19-17-28-29(18-19)22-12-5-2-6-13-22)24-15-21-11-7-8-14-23(21)30(24)26(32)20-9-3-1-4-10-20/h1-6,9-10,12-13,17-18,21,23-24H,7-8,11,14-16H2,(H,27,31). The molecule has 6 nitrogen and oxygen atoms in total. The van der Waals surface area contributed by atoms with Crippen LogP contribution in [0.3, 0.4) is 0 Å². The summed E-state index contributed by atoms with van der Waals surface area (Å²) in [5.41, 5.74) is 2.56. The molecule has 6 heteroatoms. The Kier molecular flexibility index (Phi) is 5.75. The first kappa shape index (κ1) is 20.5. The fraction of sp³-hybridized carbons (Fsp3) is 0.346. The van der Waals surface area contributed by atoms with Crippen molar-refractivity contribution in [1.82, 2.24) is 20.0 Å². The molecule has 2 aromatic carbocycles. The number of rotatable bonds is 5. The summed E-state index contributed by atoms with van der Waals surface area (Å²) < 4.78 is 1.80. The summed E-state index contributed by atoms with van der Waals surface area (Å²) in [6, 6.07) is 19.0. The zero-order chi connectivity index (χ0) is 21.9. The second-order valence-corrected chi connectivity index (χ2v) is 8.79. The van der Waals surface area contributed by atoms with Gasteiger partial charge in [-0.05, 0) is 49.4 Å². The Morgan fingerprint density at radius 1 is 0.969 bits per heavy atom. The maximum absolute atomic E-state index is 13.4. The lowest BCUT2D eigenvalue weighted by Gasteiger charge is -2.33. The SMILES string of the molecule is O=C(NCc1cnn(-c2ccccc2)c1)C1CC2CCCCC2N1C(=O)c1ccccc1. The van der Waals surface area contributed by atoms with Gasteiger partial charge in [0.1, 0.15) is 6.04 Å². The molecule has 3 unspecified atom stereocenters. The predicted molar refractivity (Wildman–Crippen MR) is 122 cm³/mol. The number of likely N-dealkylation sites (tertiary alicyclic amines) is 1. The number of nitrogens with one attached hydrogen (secondary N) is 1. The van der Waals surface area contributed by atoms with E-state index in [9.17, 15) is 9.59 Å². The largest absolute Gasteiger partial charge is 0.350 e. The van der Waals surface area contributed by atoms with E-state index in [1.807, 2.05) is 71.8 Å². The second kappa shape index (κ2) is 8.99. The molecule has 164 valence electrons. The minimum atomic E-state index is -0.417. The van der Waals surface area contributed by atoms with Crippen LogP contribution in [-0.2, 0) is 11.3 Å². The third-order valence-corrected chi connectivity index (χ3v) is 6.77. The topological polar surface area (TPSA) is 67.2 Å². The van der Waals surface area contributed by atoms with Crippen LogP contribution in [0.2, 0.25) is 0 Å². The normalized spacial score (nSPS) is 22.4. The summed E-state index contributed by atoms with van der Waals surface area (Å²) >= 11 is 0. The molecule has 2 amide bonds. The van der Waals surface area contributed by atoms with Crippen molar-refractivity contribution < 1.29 is 9.59 Å². The third-order valence-electron chi connectivity index (χ3n) is 6.77. The van der Waals surface area contributed by atoms with Crippen LogP contribution in [0.4, 0.5) is 0 Å². The highest BCUT2D eigenvalue weighted by atomic mass is 16.2. The van der Waals surface area contributed by atoms with Crippen LogP contribution in [0.5, 0.6) is 0 Å². The summed E-state index contributed by atoms with van der Waals surface area (Å²) in [6.45, 7) is 0.394. The molecule has 2 fully saturated rings. The Labute approximate surface area is 188 Å². The van der Waals surface area contributed by atoms with E-state index in [0.29, 0.717) is 18.0 Å². The Balaban J connectivity index is 1.30. The van der Waals surface area contributed by atoms with Gasteiger partial charge in [-0.1, -0.05) is 49.2 Å². The lowest BCUT2D eigenvalue weighted by atomic mass is 9.84. The number of carbonyl (C=O) groups is 2. The van der Waals surface area contributed by atoms with Crippen molar-refractivity contribution in [2.45, 2.75) is 50.7 Å². The first-order valence-electron chi connectivity index (χ1n) is 11.4. The van der Waals surface area contributed by atoms with Gasteiger partial charge in [0.05, 0.1) is 11.9 Å². The highest BCUT2D eigenvalue weighted by Crippen LogP contribution is 2.40. The fourth-order valence-electron chi connectivity index (χ4n) is 5.20. The van der Waals surface area contributed by atoms with Crippen molar-refractivity contribution in [2.24, 2.45) is 5.92 Å². The zero-order valence-corrected chi connectivity index (χ0v) is 18.1. The van der Waals surface area contributed by atoms with Crippen LogP contribution in [0.25, 0.3) is 5.69 Å². The monoisotopic (exact) mass is 428 g/mol. The summed E-state index contributed by atoms with van der Waals surface area (Å²) in [7, 11) is 0. The number of fused-ring (bicyclic) bond motifs is 1. The van der Waals surface area contributed by atoms with Crippen molar-refractivity contribution >= 4 is 11.8 Å². The molecular formula is C26H28N4O2. The van der Waals surface area contributed by atoms with Gasteiger partial charge in [0.25, 0.3) is 5.91 Å². The molecule has 1 N–H and O–H groups in total. The van der Waals surface area contributed by atoms with Crippen LogP contribution >= 0.6 is 0 Å². The highest BCUT2D eigenvalue weighted by molar-refractivity contribution is 5.98. The summed E-state index contributed by atoms with van der Waals surface area (Å²) in [5, 5.41) is 7.47. The van der Waals surface area contributed by atoms with Gasteiger partial charge < -0.3 is 10.2 Å². The maximum atomic E-state index is 13.4. The Morgan fingerprint density at radius 3 is 2.47 bits per heavy atom. The third kappa shape index (κ3) is 4.05. The number of benzene rings is 2. The van der Waals surface area contributed by atoms with E-state index >= 15 is 0 Å². The molecule has 2 heterocycles. The number of aromatic nitrogens is 2. The minimum Gasteiger partial charge on any atom is -0.350 e. The minimum absolute atomic E-state index is 0.0305. The van der Waals surface area contributed by atoms with Crippen LogP contribution in [0.1, 0.15) is 48.0 Å². The number of amides is 2. The predicted octanol–water partition coefficient (Wildman–Crippen LogP) is 3.96. The Hall–Kier alpha value is -3.41. The Morgan fingerprint density at radius 2 is 1.69 bits per heavy atom. The fourth-order valence-corrected chi connectivity index (χ4v) is 5.20. The lowest BCUT2D eigenvalue weighted by molar-refractivity contribution is -0.125. The molecule has 1 aliphatic heterocycles. The molecule has 3 atom stereocenters. The van der Waals surface area contributed by atoms with Crippen molar-refractivity contribution in [3.8, 4) is 5.69 Å². The van der Waals surface area contributed by atoms with Gasteiger partial charge >= 0.3 is 0 Å². The van der Waals surface area contributed by atoms with Crippen LogP contribution in [0, 0.1) is 5.92 Å². The summed E-state index contributed by atoms with van der Waals surface area (Å²) in [4.78, 5) is 28.5. The van der Waals surface area contributed by atoms with Gasteiger partial charge in [-0.3, -0.25) is 9.59 Å². The molecule has 2 aliphatic rings. The number of hydrogen-bond donors (Lipinski definition) is 1. The molecule has 3 aromatic rings. The maximum Gasteiger partial charge on any atom is 0.254 e. The van der Waals surface area contributed by atoms with Gasteiger partial charge in [0.2, 0.25) is 5.91 Å². The first-order chi connectivity index (χ1) is 15.7.